The second kappa shape index (κ2) is 6.31. The summed E-state index contributed by atoms with van der Waals surface area (Å²) in [4.78, 5) is 0. The summed E-state index contributed by atoms with van der Waals surface area (Å²) in [5.74, 6) is 0.00846. The van der Waals surface area contributed by atoms with Gasteiger partial charge in [0.25, 0.3) is 0 Å². The molecule has 0 bridgehead atoms. The van der Waals surface area contributed by atoms with Gasteiger partial charge in [0.1, 0.15) is 5.82 Å². The van der Waals surface area contributed by atoms with Crippen molar-refractivity contribution >= 4 is 15.9 Å². The molecule has 2 aromatic carbocycles. The molecule has 0 saturated carbocycles. The van der Waals surface area contributed by atoms with Crippen molar-refractivity contribution in [1.29, 1.82) is 0 Å². The highest BCUT2D eigenvalue weighted by Crippen LogP contribution is 2.24. The minimum absolute atomic E-state index is 0.0412. The van der Waals surface area contributed by atoms with Gasteiger partial charge in [0.2, 0.25) is 0 Å². The number of hydrogen-bond donors (Lipinski definition) is 1. The predicted molar refractivity (Wildman–Crippen MR) is 80.6 cm³/mol. The summed E-state index contributed by atoms with van der Waals surface area (Å²) in [7, 11) is 0. The molecule has 0 heterocycles. The van der Waals surface area contributed by atoms with Crippen LogP contribution in [0.3, 0.4) is 0 Å². The first-order chi connectivity index (χ1) is 9.08. The van der Waals surface area contributed by atoms with E-state index in [-0.39, 0.29) is 17.8 Å². The Labute approximate surface area is 121 Å². The molecule has 0 aliphatic carbocycles. The van der Waals surface area contributed by atoms with E-state index in [1.54, 1.807) is 12.1 Å². The first kappa shape index (κ1) is 14.2. The van der Waals surface area contributed by atoms with Crippen LogP contribution in [-0.2, 0) is 6.42 Å². The molecule has 0 aromatic heterocycles. The molecule has 2 rings (SSSR count). The van der Waals surface area contributed by atoms with Crippen molar-refractivity contribution in [2.24, 2.45) is 5.73 Å². The molecule has 0 aliphatic rings. The molecule has 0 spiro atoms. The molecular weight excluding hydrogens is 305 g/mol. The smallest absolute Gasteiger partial charge is 0.123 e. The Morgan fingerprint density at radius 3 is 2.53 bits per heavy atom. The predicted octanol–water partition coefficient (Wildman–Crippen LogP) is 4.26. The van der Waals surface area contributed by atoms with E-state index >= 15 is 0 Å². The Bertz CT molecular complexity index is 542. The summed E-state index contributed by atoms with van der Waals surface area (Å²) in [6, 6.07) is 14.8. The lowest BCUT2D eigenvalue weighted by molar-refractivity contribution is 0.559. The Hall–Kier alpha value is -1.19. The van der Waals surface area contributed by atoms with Crippen LogP contribution < -0.4 is 5.73 Å². The van der Waals surface area contributed by atoms with Gasteiger partial charge in [0, 0.05) is 10.5 Å². The molecule has 0 fully saturated rings. The van der Waals surface area contributed by atoms with Gasteiger partial charge in [-0.1, -0.05) is 53.2 Å². The second-order valence-corrected chi connectivity index (χ2v) is 5.66. The second-order valence-electron chi connectivity index (χ2n) is 4.80. The minimum Gasteiger partial charge on any atom is -0.327 e. The van der Waals surface area contributed by atoms with E-state index in [0.717, 1.165) is 10.0 Å². The van der Waals surface area contributed by atoms with E-state index in [2.05, 4.69) is 35.0 Å². The third-order valence-electron chi connectivity index (χ3n) is 3.43. The van der Waals surface area contributed by atoms with Crippen LogP contribution >= 0.6 is 15.9 Å². The molecule has 100 valence electrons. The van der Waals surface area contributed by atoms with Crippen LogP contribution in [0.4, 0.5) is 4.39 Å². The van der Waals surface area contributed by atoms with E-state index in [0.29, 0.717) is 6.42 Å². The van der Waals surface area contributed by atoms with E-state index in [9.17, 15) is 4.39 Å². The highest BCUT2D eigenvalue weighted by Gasteiger charge is 2.16. The van der Waals surface area contributed by atoms with Gasteiger partial charge in [0.05, 0.1) is 0 Å². The zero-order valence-electron chi connectivity index (χ0n) is 10.8. The maximum atomic E-state index is 13.3. The fraction of sp³-hybridized carbons (Fsp3) is 0.250. The van der Waals surface area contributed by atoms with Crippen molar-refractivity contribution in [1.82, 2.24) is 0 Å². The number of nitrogens with two attached hydrogens (primary N) is 1. The van der Waals surface area contributed by atoms with E-state index in [1.807, 2.05) is 18.2 Å². The molecule has 2 aromatic rings. The van der Waals surface area contributed by atoms with Crippen LogP contribution in [0.15, 0.2) is 53.0 Å². The fourth-order valence-electron chi connectivity index (χ4n) is 2.13. The number of rotatable bonds is 4. The minimum atomic E-state index is -0.224. The normalized spacial score (nSPS) is 14.1. The zero-order chi connectivity index (χ0) is 13.8. The van der Waals surface area contributed by atoms with Crippen molar-refractivity contribution in [2.45, 2.75) is 25.3 Å². The monoisotopic (exact) mass is 321 g/mol. The molecule has 3 heteroatoms. The molecular formula is C16H17BrFN. The Balaban J connectivity index is 2.12. The third-order valence-corrected chi connectivity index (χ3v) is 4.20. The number of halogens is 2. The van der Waals surface area contributed by atoms with Gasteiger partial charge >= 0.3 is 0 Å². The Kier molecular flexibility index (Phi) is 4.72. The van der Waals surface area contributed by atoms with E-state index < -0.39 is 0 Å². The zero-order valence-corrected chi connectivity index (χ0v) is 12.4. The largest absolute Gasteiger partial charge is 0.327 e. The van der Waals surface area contributed by atoms with Crippen molar-refractivity contribution in [3.8, 4) is 0 Å². The van der Waals surface area contributed by atoms with Crippen LogP contribution in [0, 0.1) is 5.82 Å². The van der Waals surface area contributed by atoms with Crippen LogP contribution in [0.5, 0.6) is 0 Å². The van der Waals surface area contributed by atoms with Gasteiger partial charge in [-0.2, -0.15) is 0 Å². The standard InChI is InChI=1S/C16H17BrFN/c1-11(12-5-3-2-4-6-12)16(19)10-13-9-14(18)7-8-15(13)17/h2-9,11,16H,10,19H2,1H3. The SMILES string of the molecule is CC(c1ccccc1)C(N)Cc1cc(F)ccc1Br. The molecule has 2 atom stereocenters. The van der Waals surface area contributed by atoms with Crippen LogP contribution in [0.25, 0.3) is 0 Å². The maximum absolute atomic E-state index is 13.3. The Morgan fingerprint density at radius 2 is 1.84 bits per heavy atom. The lowest BCUT2D eigenvalue weighted by Crippen LogP contribution is -2.29. The van der Waals surface area contributed by atoms with Gasteiger partial charge in [-0.15, -0.1) is 0 Å². The van der Waals surface area contributed by atoms with Crippen LogP contribution in [0.2, 0.25) is 0 Å². The van der Waals surface area contributed by atoms with Gasteiger partial charge in [-0.3, -0.25) is 0 Å². The number of hydrogen-bond acceptors (Lipinski definition) is 1. The summed E-state index contributed by atoms with van der Waals surface area (Å²) in [5.41, 5.74) is 8.38. The quantitative estimate of drug-likeness (QED) is 0.894. The molecule has 2 N–H and O–H groups in total. The van der Waals surface area contributed by atoms with E-state index in [1.165, 1.54) is 11.6 Å². The lowest BCUT2D eigenvalue weighted by atomic mass is 9.90. The Morgan fingerprint density at radius 1 is 1.16 bits per heavy atom. The van der Waals surface area contributed by atoms with Crippen molar-refractivity contribution < 1.29 is 4.39 Å². The molecule has 1 nitrogen and oxygen atoms in total. The fourth-order valence-corrected chi connectivity index (χ4v) is 2.54. The molecule has 2 unspecified atom stereocenters. The molecule has 0 amide bonds. The molecule has 0 aliphatic heterocycles. The summed E-state index contributed by atoms with van der Waals surface area (Å²) in [6.07, 6.45) is 0.647. The first-order valence-electron chi connectivity index (χ1n) is 6.32. The summed E-state index contributed by atoms with van der Waals surface area (Å²) < 4.78 is 14.2. The summed E-state index contributed by atoms with van der Waals surface area (Å²) in [5, 5.41) is 0. The first-order valence-corrected chi connectivity index (χ1v) is 7.11. The van der Waals surface area contributed by atoms with Crippen LogP contribution in [-0.4, -0.2) is 6.04 Å². The molecule has 0 saturated heterocycles. The van der Waals surface area contributed by atoms with Gasteiger partial charge in [0.15, 0.2) is 0 Å². The molecule has 0 radical (unpaired) electrons. The van der Waals surface area contributed by atoms with Crippen molar-refractivity contribution in [3.63, 3.8) is 0 Å². The number of benzene rings is 2. The van der Waals surface area contributed by atoms with Gasteiger partial charge in [-0.25, -0.2) is 4.39 Å². The maximum Gasteiger partial charge on any atom is 0.123 e. The summed E-state index contributed by atoms with van der Waals surface area (Å²) >= 11 is 3.44. The lowest BCUT2D eigenvalue weighted by Gasteiger charge is -2.21. The van der Waals surface area contributed by atoms with Crippen molar-refractivity contribution in [2.75, 3.05) is 0 Å². The van der Waals surface area contributed by atoms with E-state index in [4.69, 9.17) is 5.73 Å². The highest BCUT2D eigenvalue weighted by atomic mass is 79.9. The summed E-state index contributed by atoms with van der Waals surface area (Å²) in [6.45, 7) is 2.10. The van der Waals surface area contributed by atoms with Gasteiger partial charge in [-0.05, 0) is 41.7 Å². The van der Waals surface area contributed by atoms with Crippen molar-refractivity contribution in [3.05, 3.63) is 69.9 Å². The van der Waals surface area contributed by atoms with Crippen LogP contribution in [0.1, 0.15) is 24.0 Å². The average Bonchev–Trinajstić information content (AvgIpc) is 2.43. The molecule has 19 heavy (non-hydrogen) atoms. The highest BCUT2D eigenvalue weighted by molar-refractivity contribution is 9.10. The third kappa shape index (κ3) is 3.64. The van der Waals surface area contributed by atoms with Gasteiger partial charge < -0.3 is 5.73 Å². The average molecular weight is 322 g/mol. The topological polar surface area (TPSA) is 26.0 Å².